The van der Waals surface area contributed by atoms with Crippen LogP contribution in [-0.2, 0) is 4.79 Å². The Morgan fingerprint density at radius 1 is 1.17 bits per heavy atom. The first kappa shape index (κ1) is 18.7. The zero-order valence-electron chi connectivity index (χ0n) is 13.0. The Kier molecular flexibility index (Phi) is 7.31. The summed E-state index contributed by atoms with van der Waals surface area (Å²) in [6.45, 7) is 2.44. The number of amides is 2. The van der Waals surface area contributed by atoms with E-state index in [2.05, 4.69) is 16.0 Å². The van der Waals surface area contributed by atoms with Gasteiger partial charge in [0.25, 0.3) is 5.91 Å². The summed E-state index contributed by atoms with van der Waals surface area (Å²) in [4.78, 5) is 23.9. The Morgan fingerprint density at radius 3 is 2.48 bits per heavy atom. The Bertz CT molecular complexity index is 644. The number of carbonyl (C=O) groups is 2. The van der Waals surface area contributed by atoms with Crippen LogP contribution in [0, 0.1) is 5.92 Å². The molecule has 0 bridgehead atoms. The minimum Gasteiger partial charge on any atom is -0.472 e. The molecular weight excluding hydrogens is 318 g/mol. The van der Waals surface area contributed by atoms with Crippen molar-refractivity contribution in [3.8, 4) is 0 Å². The standard InChI is InChI=1S/C16H19N3O3.ClH/c1-11(9-17-2)15(20)18-13-4-3-5-14(8-13)19-16(21)12-6-7-22-10-12;/h3-8,10-11,17H,9H2,1-2H3,(H,18,20)(H,19,21);1H. The molecule has 1 heterocycles. The molecule has 3 N–H and O–H groups in total. The zero-order chi connectivity index (χ0) is 15.9. The number of furan rings is 1. The third-order valence-electron chi connectivity index (χ3n) is 3.13. The number of rotatable bonds is 6. The Hall–Kier alpha value is -2.31. The Balaban J connectivity index is 0.00000264. The van der Waals surface area contributed by atoms with Crippen LogP contribution in [0.1, 0.15) is 17.3 Å². The summed E-state index contributed by atoms with van der Waals surface area (Å²) in [6, 6.07) is 8.59. The van der Waals surface area contributed by atoms with Gasteiger partial charge in [-0.25, -0.2) is 0 Å². The predicted molar refractivity (Wildman–Crippen MR) is 92.1 cm³/mol. The van der Waals surface area contributed by atoms with E-state index in [4.69, 9.17) is 4.42 Å². The van der Waals surface area contributed by atoms with E-state index in [9.17, 15) is 9.59 Å². The third kappa shape index (κ3) is 5.43. The highest BCUT2D eigenvalue weighted by molar-refractivity contribution is 6.04. The van der Waals surface area contributed by atoms with Crippen LogP contribution in [0.15, 0.2) is 47.3 Å². The number of anilines is 2. The molecule has 2 amide bonds. The molecule has 1 unspecified atom stereocenters. The van der Waals surface area contributed by atoms with Crippen molar-refractivity contribution in [3.05, 3.63) is 48.4 Å². The number of hydrogen-bond donors (Lipinski definition) is 3. The lowest BCUT2D eigenvalue weighted by atomic mass is 10.1. The van der Waals surface area contributed by atoms with Crippen LogP contribution in [0.25, 0.3) is 0 Å². The van der Waals surface area contributed by atoms with Gasteiger partial charge < -0.3 is 20.4 Å². The van der Waals surface area contributed by atoms with E-state index >= 15 is 0 Å². The maximum absolute atomic E-state index is 12.0. The van der Waals surface area contributed by atoms with Gasteiger partial charge in [-0.15, -0.1) is 12.4 Å². The topological polar surface area (TPSA) is 83.4 Å². The lowest BCUT2D eigenvalue weighted by Gasteiger charge is -2.12. The molecule has 23 heavy (non-hydrogen) atoms. The number of halogens is 1. The Labute approximate surface area is 141 Å². The average molecular weight is 338 g/mol. The maximum atomic E-state index is 12.0. The SMILES string of the molecule is CNCC(C)C(=O)Nc1cccc(NC(=O)c2ccoc2)c1.Cl. The summed E-state index contributed by atoms with van der Waals surface area (Å²) in [6.07, 6.45) is 2.81. The van der Waals surface area contributed by atoms with E-state index in [0.717, 1.165) is 0 Å². The highest BCUT2D eigenvalue weighted by Crippen LogP contribution is 2.17. The molecule has 1 atom stereocenters. The lowest BCUT2D eigenvalue weighted by molar-refractivity contribution is -0.119. The first-order valence-electron chi connectivity index (χ1n) is 6.99. The smallest absolute Gasteiger partial charge is 0.258 e. The van der Waals surface area contributed by atoms with Crippen molar-refractivity contribution < 1.29 is 14.0 Å². The predicted octanol–water partition coefficient (Wildman–Crippen LogP) is 2.75. The summed E-state index contributed by atoms with van der Waals surface area (Å²) >= 11 is 0. The lowest BCUT2D eigenvalue weighted by Crippen LogP contribution is -2.28. The van der Waals surface area contributed by atoms with Crippen molar-refractivity contribution >= 4 is 35.6 Å². The van der Waals surface area contributed by atoms with Crippen molar-refractivity contribution in [2.45, 2.75) is 6.92 Å². The molecule has 0 saturated heterocycles. The number of carbonyl (C=O) groups excluding carboxylic acids is 2. The van der Waals surface area contributed by atoms with Gasteiger partial charge in [0, 0.05) is 23.8 Å². The fraction of sp³-hybridized carbons (Fsp3) is 0.250. The summed E-state index contributed by atoms with van der Waals surface area (Å²) in [7, 11) is 1.80. The monoisotopic (exact) mass is 337 g/mol. The van der Waals surface area contributed by atoms with Crippen molar-refractivity contribution in [1.29, 1.82) is 0 Å². The van der Waals surface area contributed by atoms with E-state index in [1.54, 1.807) is 37.4 Å². The molecular formula is C16H20ClN3O3. The first-order chi connectivity index (χ1) is 10.6. The van der Waals surface area contributed by atoms with E-state index in [0.29, 0.717) is 23.5 Å². The van der Waals surface area contributed by atoms with Crippen LogP contribution in [0.2, 0.25) is 0 Å². The van der Waals surface area contributed by atoms with Crippen molar-refractivity contribution in [3.63, 3.8) is 0 Å². The van der Waals surface area contributed by atoms with Crippen LogP contribution in [0.4, 0.5) is 11.4 Å². The molecule has 1 aromatic carbocycles. The van der Waals surface area contributed by atoms with Crippen molar-refractivity contribution in [2.75, 3.05) is 24.2 Å². The summed E-state index contributed by atoms with van der Waals surface area (Å²) in [5.74, 6) is -0.484. The molecule has 0 aliphatic heterocycles. The molecule has 0 spiro atoms. The summed E-state index contributed by atoms with van der Waals surface area (Å²) < 4.78 is 4.88. The third-order valence-corrected chi connectivity index (χ3v) is 3.13. The highest BCUT2D eigenvalue weighted by Gasteiger charge is 2.12. The summed E-state index contributed by atoms with van der Waals surface area (Å²) in [5, 5.41) is 8.54. The molecule has 0 aliphatic rings. The molecule has 0 saturated carbocycles. The average Bonchev–Trinajstić information content (AvgIpc) is 3.02. The maximum Gasteiger partial charge on any atom is 0.258 e. The van der Waals surface area contributed by atoms with E-state index in [1.807, 2.05) is 6.92 Å². The van der Waals surface area contributed by atoms with Crippen molar-refractivity contribution in [1.82, 2.24) is 5.32 Å². The molecule has 124 valence electrons. The molecule has 7 heteroatoms. The molecule has 0 radical (unpaired) electrons. The van der Waals surface area contributed by atoms with Gasteiger partial charge in [-0.3, -0.25) is 9.59 Å². The minimum atomic E-state index is -0.263. The molecule has 0 fully saturated rings. The number of nitrogens with one attached hydrogen (secondary N) is 3. The second-order valence-corrected chi connectivity index (χ2v) is 4.99. The fourth-order valence-corrected chi connectivity index (χ4v) is 1.94. The van der Waals surface area contributed by atoms with Gasteiger partial charge in [0.05, 0.1) is 11.8 Å². The van der Waals surface area contributed by atoms with E-state index in [1.165, 1.54) is 12.5 Å². The van der Waals surface area contributed by atoms with Gasteiger partial charge in [-0.2, -0.15) is 0 Å². The molecule has 2 rings (SSSR count). The quantitative estimate of drug-likeness (QED) is 0.756. The number of hydrogen-bond acceptors (Lipinski definition) is 4. The second-order valence-electron chi connectivity index (χ2n) is 4.99. The van der Waals surface area contributed by atoms with Crippen LogP contribution in [0.3, 0.4) is 0 Å². The van der Waals surface area contributed by atoms with E-state index in [-0.39, 0.29) is 30.1 Å². The minimum absolute atomic E-state index is 0. The van der Waals surface area contributed by atoms with Gasteiger partial charge >= 0.3 is 0 Å². The molecule has 1 aromatic heterocycles. The Morgan fingerprint density at radius 2 is 1.87 bits per heavy atom. The van der Waals surface area contributed by atoms with E-state index < -0.39 is 0 Å². The summed E-state index contributed by atoms with van der Waals surface area (Å²) in [5.41, 5.74) is 1.68. The number of benzene rings is 1. The van der Waals surface area contributed by atoms with Crippen LogP contribution in [0.5, 0.6) is 0 Å². The van der Waals surface area contributed by atoms with Gasteiger partial charge in [0.15, 0.2) is 0 Å². The van der Waals surface area contributed by atoms with Gasteiger partial charge in [-0.1, -0.05) is 13.0 Å². The van der Waals surface area contributed by atoms with Gasteiger partial charge in [0.1, 0.15) is 6.26 Å². The van der Waals surface area contributed by atoms with Crippen LogP contribution >= 0.6 is 12.4 Å². The van der Waals surface area contributed by atoms with Crippen LogP contribution in [-0.4, -0.2) is 25.4 Å². The van der Waals surface area contributed by atoms with Crippen LogP contribution < -0.4 is 16.0 Å². The molecule has 0 aliphatic carbocycles. The first-order valence-corrected chi connectivity index (χ1v) is 6.99. The van der Waals surface area contributed by atoms with Gasteiger partial charge in [-0.05, 0) is 31.3 Å². The largest absolute Gasteiger partial charge is 0.472 e. The van der Waals surface area contributed by atoms with Gasteiger partial charge in [0.2, 0.25) is 5.91 Å². The molecule has 6 nitrogen and oxygen atoms in total. The van der Waals surface area contributed by atoms with Crippen molar-refractivity contribution in [2.24, 2.45) is 5.92 Å². The molecule has 2 aromatic rings. The normalized spacial score (nSPS) is 11.2. The zero-order valence-corrected chi connectivity index (χ0v) is 13.8. The second kappa shape index (κ2) is 8.97. The highest BCUT2D eigenvalue weighted by atomic mass is 35.5. The fourth-order valence-electron chi connectivity index (χ4n) is 1.94.